The Balaban J connectivity index is 1.91. The zero-order valence-electron chi connectivity index (χ0n) is 14.0. The van der Waals surface area contributed by atoms with Crippen LogP contribution < -0.4 is 10.5 Å². The quantitative estimate of drug-likeness (QED) is 0.877. The molecule has 10 heteroatoms. The first-order valence-corrected chi connectivity index (χ1v) is 8.07. The summed E-state index contributed by atoms with van der Waals surface area (Å²) in [5, 5.41) is -0.161. The monoisotopic (exact) mass is 370 g/mol. The molecule has 26 heavy (non-hydrogen) atoms. The molecule has 140 valence electrons. The molecule has 0 aromatic carbocycles. The van der Waals surface area contributed by atoms with E-state index in [-0.39, 0.29) is 23.5 Å². The SMILES string of the molecule is CCOC(=O)N1CCN(c2cc(C(F)(F)F)c3ccc(=O)[nH]c3n2)CC1. The van der Waals surface area contributed by atoms with Crippen molar-refractivity contribution < 1.29 is 22.7 Å². The molecule has 2 aromatic rings. The summed E-state index contributed by atoms with van der Waals surface area (Å²) in [6, 6.07) is 3.13. The number of ether oxygens (including phenoxy) is 1. The van der Waals surface area contributed by atoms with Crippen LogP contribution in [0.2, 0.25) is 0 Å². The van der Waals surface area contributed by atoms with Gasteiger partial charge in [-0.3, -0.25) is 4.79 Å². The van der Waals surface area contributed by atoms with Crippen LogP contribution in [0, 0.1) is 0 Å². The molecular weight excluding hydrogens is 353 g/mol. The minimum absolute atomic E-state index is 0.107. The van der Waals surface area contributed by atoms with Gasteiger partial charge in [0.05, 0.1) is 12.2 Å². The van der Waals surface area contributed by atoms with Crippen LogP contribution in [0.15, 0.2) is 23.0 Å². The van der Waals surface area contributed by atoms with E-state index in [0.29, 0.717) is 26.2 Å². The van der Waals surface area contributed by atoms with Gasteiger partial charge in [-0.15, -0.1) is 0 Å². The maximum Gasteiger partial charge on any atom is 0.417 e. The van der Waals surface area contributed by atoms with Crippen LogP contribution >= 0.6 is 0 Å². The number of hydrogen-bond acceptors (Lipinski definition) is 5. The Morgan fingerprint density at radius 1 is 1.27 bits per heavy atom. The smallest absolute Gasteiger partial charge is 0.417 e. The van der Waals surface area contributed by atoms with Crippen molar-refractivity contribution in [3.8, 4) is 0 Å². The summed E-state index contributed by atoms with van der Waals surface area (Å²) in [6.07, 6.45) is -5.03. The summed E-state index contributed by atoms with van der Waals surface area (Å²) in [6.45, 7) is 3.20. The Morgan fingerprint density at radius 3 is 2.58 bits per heavy atom. The van der Waals surface area contributed by atoms with Gasteiger partial charge in [0.25, 0.3) is 0 Å². The predicted octanol–water partition coefficient (Wildman–Crippen LogP) is 2.22. The van der Waals surface area contributed by atoms with E-state index >= 15 is 0 Å². The largest absolute Gasteiger partial charge is 0.450 e. The Bertz CT molecular complexity index is 873. The van der Waals surface area contributed by atoms with Crippen LogP contribution in [0.1, 0.15) is 12.5 Å². The fourth-order valence-corrected chi connectivity index (χ4v) is 2.85. The lowest BCUT2D eigenvalue weighted by Crippen LogP contribution is -2.49. The molecule has 1 aliphatic heterocycles. The predicted molar refractivity (Wildman–Crippen MR) is 88.2 cm³/mol. The average molecular weight is 370 g/mol. The van der Waals surface area contributed by atoms with Gasteiger partial charge in [0.1, 0.15) is 11.5 Å². The number of fused-ring (bicyclic) bond motifs is 1. The topological polar surface area (TPSA) is 78.5 Å². The Labute approximate surface area is 146 Å². The molecule has 0 saturated carbocycles. The first-order valence-electron chi connectivity index (χ1n) is 8.07. The van der Waals surface area contributed by atoms with E-state index < -0.39 is 23.4 Å². The second-order valence-corrected chi connectivity index (χ2v) is 5.78. The van der Waals surface area contributed by atoms with Gasteiger partial charge in [-0.25, -0.2) is 9.78 Å². The molecule has 0 radical (unpaired) electrons. The van der Waals surface area contributed by atoms with E-state index in [9.17, 15) is 22.8 Å². The number of H-pyrrole nitrogens is 1. The van der Waals surface area contributed by atoms with Crippen LogP contribution in [-0.2, 0) is 10.9 Å². The van der Waals surface area contributed by atoms with Gasteiger partial charge < -0.3 is 19.5 Å². The molecule has 1 aliphatic rings. The fraction of sp³-hybridized carbons (Fsp3) is 0.438. The Morgan fingerprint density at radius 2 is 1.96 bits per heavy atom. The van der Waals surface area contributed by atoms with Gasteiger partial charge >= 0.3 is 12.3 Å². The second kappa shape index (κ2) is 6.85. The van der Waals surface area contributed by atoms with Crippen molar-refractivity contribution in [3.05, 3.63) is 34.1 Å². The fourth-order valence-electron chi connectivity index (χ4n) is 2.85. The number of carbonyl (C=O) groups excluding carboxylic acids is 1. The minimum Gasteiger partial charge on any atom is -0.450 e. The zero-order chi connectivity index (χ0) is 18.9. The first-order chi connectivity index (χ1) is 12.3. The molecule has 3 heterocycles. The highest BCUT2D eigenvalue weighted by Crippen LogP contribution is 2.35. The highest BCUT2D eigenvalue weighted by Gasteiger charge is 2.34. The number of amides is 1. The van der Waals surface area contributed by atoms with E-state index in [1.807, 2.05) is 0 Å². The van der Waals surface area contributed by atoms with Crippen LogP contribution in [0.3, 0.4) is 0 Å². The van der Waals surface area contributed by atoms with Crippen LogP contribution in [0.25, 0.3) is 11.0 Å². The van der Waals surface area contributed by atoms with Crippen molar-refractivity contribution in [2.45, 2.75) is 13.1 Å². The third kappa shape index (κ3) is 3.58. The molecule has 2 aromatic heterocycles. The molecular formula is C16H17F3N4O3. The maximum absolute atomic E-state index is 13.4. The normalized spacial score (nSPS) is 15.4. The van der Waals surface area contributed by atoms with Gasteiger partial charge in [0, 0.05) is 37.6 Å². The molecule has 0 aliphatic carbocycles. The number of alkyl halides is 3. The van der Waals surface area contributed by atoms with Crippen molar-refractivity contribution in [2.24, 2.45) is 0 Å². The molecule has 1 saturated heterocycles. The molecule has 0 bridgehead atoms. The maximum atomic E-state index is 13.4. The van der Waals surface area contributed by atoms with Crippen molar-refractivity contribution in [1.82, 2.24) is 14.9 Å². The van der Waals surface area contributed by atoms with Crippen molar-refractivity contribution in [3.63, 3.8) is 0 Å². The van der Waals surface area contributed by atoms with Crippen LogP contribution in [0.4, 0.5) is 23.8 Å². The summed E-state index contributed by atoms with van der Waals surface area (Å²) in [7, 11) is 0. The molecule has 1 fully saturated rings. The number of carbonyl (C=O) groups is 1. The van der Waals surface area contributed by atoms with Gasteiger partial charge in [-0.1, -0.05) is 0 Å². The third-order valence-electron chi connectivity index (χ3n) is 4.12. The molecule has 1 N–H and O–H groups in total. The molecule has 1 amide bonds. The molecule has 3 rings (SSSR count). The Kier molecular flexibility index (Phi) is 4.75. The van der Waals surface area contributed by atoms with Gasteiger partial charge in [-0.2, -0.15) is 13.2 Å². The summed E-state index contributed by atoms with van der Waals surface area (Å²) in [4.78, 5) is 32.8. The summed E-state index contributed by atoms with van der Waals surface area (Å²) in [5.41, 5.74) is -1.50. The van der Waals surface area contributed by atoms with E-state index in [0.717, 1.165) is 18.2 Å². The number of aromatic nitrogens is 2. The number of rotatable bonds is 2. The number of piperazine rings is 1. The summed E-state index contributed by atoms with van der Waals surface area (Å²) < 4.78 is 45.2. The number of aromatic amines is 1. The second-order valence-electron chi connectivity index (χ2n) is 5.78. The molecule has 0 atom stereocenters. The lowest BCUT2D eigenvalue weighted by Gasteiger charge is -2.35. The van der Waals surface area contributed by atoms with E-state index in [4.69, 9.17) is 4.74 Å². The van der Waals surface area contributed by atoms with E-state index in [1.54, 1.807) is 11.8 Å². The number of hydrogen-bond donors (Lipinski definition) is 1. The van der Waals surface area contributed by atoms with Crippen molar-refractivity contribution in [1.29, 1.82) is 0 Å². The highest BCUT2D eigenvalue weighted by atomic mass is 19.4. The first kappa shape index (κ1) is 18.0. The van der Waals surface area contributed by atoms with Crippen LogP contribution in [-0.4, -0.2) is 53.7 Å². The third-order valence-corrected chi connectivity index (χ3v) is 4.12. The van der Waals surface area contributed by atoms with Gasteiger partial charge in [0.15, 0.2) is 0 Å². The Hall–Kier alpha value is -2.78. The lowest BCUT2D eigenvalue weighted by atomic mass is 10.1. The number of pyridine rings is 2. The molecule has 0 unspecified atom stereocenters. The summed E-state index contributed by atoms with van der Waals surface area (Å²) in [5.74, 6) is 0.107. The number of anilines is 1. The number of halogens is 3. The van der Waals surface area contributed by atoms with Crippen molar-refractivity contribution in [2.75, 3.05) is 37.7 Å². The average Bonchev–Trinajstić information content (AvgIpc) is 2.60. The summed E-state index contributed by atoms with van der Waals surface area (Å²) >= 11 is 0. The van der Waals surface area contributed by atoms with Gasteiger partial charge in [0.2, 0.25) is 5.56 Å². The molecule has 0 spiro atoms. The lowest BCUT2D eigenvalue weighted by molar-refractivity contribution is -0.136. The number of nitrogens with zero attached hydrogens (tertiary/aromatic N) is 3. The van der Waals surface area contributed by atoms with E-state index in [1.165, 1.54) is 4.90 Å². The van der Waals surface area contributed by atoms with Crippen LogP contribution in [0.5, 0.6) is 0 Å². The minimum atomic E-state index is -4.58. The van der Waals surface area contributed by atoms with Crippen molar-refractivity contribution >= 4 is 22.9 Å². The molecule has 7 nitrogen and oxygen atoms in total. The highest BCUT2D eigenvalue weighted by molar-refractivity contribution is 5.81. The number of nitrogens with one attached hydrogen (secondary N) is 1. The standard InChI is InChI=1S/C16H17F3N4O3/c1-2-26-15(25)23-7-5-22(6-8-23)12-9-11(16(17,18)19)10-3-4-13(24)21-14(10)20-12/h3-4,9H,2,5-8H2,1H3,(H,20,21,24). The van der Waals surface area contributed by atoms with E-state index in [2.05, 4.69) is 9.97 Å². The van der Waals surface area contributed by atoms with Gasteiger partial charge in [-0.05, 0) is 19.1 Å². The zero-order valence-corrected chi connectivity index (χ0v) is 14.0.